The number of carbonyl (C=O) groups excluding carboxylic acids is 1. The van der Waals surface area contributed by atoms with Crippen molar-refractivity contribution in [3.63, 3.8) is 0 Å². The first-order valence-corrected chi connectivity index (χ1v) is 10.3. The third-order valence-electron chi connectivity index (χ3n) is 6.07. The SMILES string of the molecule is CCCCC1CCC(C(=O)N2CCN(c3nccn3CC)CC2)CC1.Cl. The second-order valence-electron chi connectivity index (χ2n) is 7.69. The van der Waals surface area contributed by atoms with Crippen LogP contribution in [0.3, 0.4) is 0 Å². The van der Waals surface area contributed by atoms with Crippen molar-refractivity contribution in [2.45, 2.75) is 65.3 Å². The maximum absolute atomic E-state index is 12.9. The van der Waals surface area contributed by atoms with Gasteiger partial charge in [-0.15, -0.1) is 12.4 Å². The molecule has 148 valence electrons. The van der Waals surface area contributed by atoms with Crippen molar-refractivity contribution in [1.82, 2.24) is 14.5 Å². The molecule has 2 fully saturated rings. The Kier molecular flexibility index (Phi) is 8.26. The van der Waals surface area contributed by atoms with Gasteiger partial charge in [-0.25, -0.2) is 4.98 Å². The topological polar surface area (TPSA) is 41.4 Å². The third-order valence-corrected chi connectivity index (χ3v) is 6.07. The van der Waals surface area contributed by atoms with Crippen molar-refractivity contribution in [3.8, 4) is 0 Å². The quantitative estimate of drug-likeness (QED) is 0.747. The third kappa shape index (κ3) is 4.93. The van der Waals surface area contributed by atoms with Crippen LogP contribution in [0, 0.1) is 11.8 Å². The van der Waals surface area contributed by atoms with Crippen LogP contribution in [-0.2, 0) is 11.3 Å². The Balaban J connectivity index is 0.00000243. The molecule has 2 aliphatic rings. The van der Waals surface area contributed by atoms with Crippen molar-refractivity contribution in [3.05, 3.63) is 12.4 Å². The molecule has 6 heteroatoms. The first-order chi connectivity index (χ1) is 12.2. The van der Waals surface area contributed by atoms with Gasteiger partial charge < -0.3 is 14.4 Å². The monoisotopic (exact) mass is 382 g/mol. The Labute approximate surface area is 164 Å². The molecule has 0 radical (unpaired) electrons. The van der Waals surface area contributed by atoms with Gasteiger partial charge in [0.15, 0.2) is 0 Å². The van der Waals surface area contributed by atoms with Crippen molar-refractivity contribution in [2.75, 3.05) is 31.1 Å². The minimum Gasteiger partial charge on any atom is -0.339 e. The zero-order valence-corrected chi connectivity index (χ0v) is 17.2. The lowest BCUT2D eigenvalue weighted by Gasteiger charge is -2.38. The second kappa shape index (κ2) is 10.2. The summed E-state index contributed by atoms with van der Waals surface area (Å²) in [5, 5.41) is 0. The van der Waals surface area contributed by atoms with Crippen LogP contribution in [0.25, 0.3) is 0 Å². The largest absolute Gasteiger partial charge is 0.339 e. The summed E-state index contributed by atoms with van der Waals surface area (Å²) in [6, 6.07) is 0. The number of aromatic nitrogens is 2. The molecular weight excluding hydrogens is 348 g/mol. The highest BCUT2D eigenvalue weighted by Gasteiger charge is 2.31. The van der Waals surface area contributed by atoms with E-state index in [0.717, 1.165) is 57.4 Å². The van der Waals surface area contributed by atoms with E-state index in [4.69, 9.17) is 0 Å². The maximum Gasteiger partial charge on any atom is 0.225 e. The predicted octanol–water partition coefficient (Wildman–Crippen LogP) is 3.97. The Morgan fingerprint density at radius 1 is 1.12 bits per heavy atom. The number of amides is 1. The molecule has 0 unspecified atom stereocenters. The Bertz CT molecular complexity index is 546. The number of halogens is 1. The fourth-order valence-electron chi connectivity index (χ4n) is 4.41. The average Bonchev–Trinajstić information content (AvgIpc) is 3.15. The van der Waals surface area contributed by atoms with Crippen LogP contribution >= 0.6 is 12.4 Å². The minimum absolute atomic E-state index is 0. The molecule has 0 bridgehead atoms. The molecule has 1 aliphatic carbocycles. The minimum atomic E-state index is 0. The summed E-state index contributed by atoms with van der Waals surface area (Å²) in [5.74, 6) is 2.61. The lowest BCUT2D eigenvalue weighted by molar-refractivity contribution is -0.137. The Morgan fingerprint density at radius 3 is 2.42 bits per heavy atom. The van der Waals surface area contributed by atoms with E-state index in [9.17, 15) is 4.79 Å². The maximum atomic E-state index is 12.9. The summed E-state index contributed by atoms with van der Waals surface area (Å²) < 4.78 is 2.18. The summed E-state index contributed by atoms with van der Waals surface area (Å²) in [7, 11) is 0. The molecule has 0 N–H and O–H groups in total. The number of hydrogen-bond acceptors (Lipinski definition) is 3. The molecule has 1 saturated heterocycles. The van der Waals surface area contributed by atoms with E-state index in [-0.39, 0.29) is 18.3 Å². The van der Waals surface area contributed by atoms with Gasteiger partial charge in [0, 0.05) is 51.0 Å². The summed E-state index contributed by atoms with van der Waals surface area (Å²) in [4.78, 5) is 21.8. The molecule has 1 amide bonds. The molecule has 26 heavy (non-hydrogen) atoms. The Morgan fingerprint density at radius 2 is 1.81 bits per heavy atom. The molecule has 0 atom stereocenters. The van der Waals surface area contributed by atoms with Gasteiger partial charge in [0.25, 0.3) is 0 Å². The molecule has 2 heterocycles. The molecule has 1 aliphatic heterocycles. The second-order valence-corrected chi connectivity index (χ2v) is 7.69. The number of nitrogens with zero attached hydrogens (tertiary/aromatic N) is 4. The van der Waals surface area contributed by atoms with Crippen LogP contribution < -0.4 is 4.90 Å². The van der Waals surface area contributed by atoms with Gasteiger partial charge in [-0.3, -0.25) is 4.79 Å². The number of imidazole rings is 1. The summed E-state index contributed by atoms with van der Waals surface area (Å²) >= 11 is 0. The fraction of sp³-hybridized carbons (Fsp3) is 0.800. The molecule has 3 rings (SSSR count). The number of piperazine rings is 1. The van der Waals surface area contributed by atoms with Gasteiger partial charge in [0.2, 0.25) is 11.9 Å². The number of carbonyl (C=O) groups is 1. The van der Waals surface area contributed by atoms with Gasteiger partial charge in [-0.05, 0) is 38.5 Å². The molecular formula is C20H35ClN4O. The van der Waals surface area contributed by atoms with Crippen LogP contribution in [-0.4, -0.2) is 46.5 Å². The first-order valence-electron chi connectivity index (χ1n) is 10.3. The molecule has 0 aromatic carbocycles. The van der Waals surface area contributed by atoms with E-state index >= 15 is 0 Å². The molecule has 1 aromatic heterocycles. The molecule has 5 nitrogen and oxygen atoms in total. The van der Waals surface area contributed by atoms with Crippen molar-refractivity contribution < 1.29 is 4.79 Å². The van der Waals surface area contributed by atoms with Gasteiger partial charge in [0.1, 0.15) is 0 Å². The van der Waals surface area contributed by atoms with Gasteiger partial charge in [-0.1, -0.05) is 26.2 Å². The van der Waals surface area contributed by atoms with E-state index in [1.54, 1.807) is 0 Å². The number of hydrogen-bond donors (Lipinski definition) is 0. The standard InChI is InChI=1S/C20H34N4O.ClH/c1-3-5-6-17-7-9-18(10-8-17)19(25)23-13-15-24(16-14-23)20-21-11-12-22(20)4-2;/h11-12,17-18H,3-10,13-16H2,1-2H3;1H. The zero-order chi connectivity index (χ0) is 17.6. The Hall–Kier alpha value is -1.23. The van der Waals surface area contributed by atoms with Crippen LogP contribution in [0.1, 0.15) is 58.8 Å². The zero-order valence-electron chi connectivity index (χ0n) is 16.4. The lowest BCUT2D eigenvalue weighted by Crippen LogP contribution is -2.51. The van der Waals surface area contributed by atoms with Crippen molar-refractivity contribution in [2.24, 2.45) is 11.8 Å². The van der Waals surface area contributed by atoms with E-state index < -0.39 is 0 Å². The summed E-state index contributed by atoms with van der Waals surface area (Å²) in [6.45, 7) is 8.82. The number of aryl methyl sites for hydroxylation is 1. The van der Waals surface area contributed by atoms with E-state index in [1.807, 2.05) is 12.4 Å². The number of anilines is 1. The number of unbranched alkanes of at least 4 members (excludes halogenated alkanes) is 1. The normalized spacial score (nSPS) is 23.6. The number of rotatable bonds is 6. The highest BCUT2D eigenvalue weighted by molar-refractivity contribution is 5.85. The average molecular weight is 383 g/mol. The van der Waals surface area contributed by atoms with Crippen LogP contribution in [0.2, 0.25) is 0 Å². The van der Waals surface area contributed by atoms with Gasteiger partial charge >= 0.3 is 0 Å². The van der Waals surface area contributed by atoms with Crippen LogP contribution in [0.4, 0.5) is 5.95 Å². The van der Waals surface area contributed by atoms with Crippen LogP contribution in [0.15, 0.2) is 12.4 Å². The van der Waals surface area contributed by atoms with E-state index in [2.05, 4.69) is 33.2 Å². The lowest BCUT2D eigenvalue weighted by atomic mass is 9.79. The summed E-state index contributed by atoms with van der Waals surface area (Å²) in [6.07, 6.45) is 12.6. The summed E-state index contributed by atoms with van der Waals surface area (Å²) in [5.41, 5.74) is 0. The van der Waals surface area contributed by atoms with Crippen molar-refractivity contribution >= 4 is 24.3 Å². The first kappa shape index (κ1) is 21.1. The van der Waals surface area contributed by atoms with Crippen LogP contribution in [0.5, 0.6) is 0 Å². The highest BCUT2D eigenvalue weighted by Crippen LogP contribution is 2.33. The fourth-order valence-corrected chi connectivity index (χ4v) is 4.41. The smallest absolute Gasteiger partial charge is 0.225 e. The molecule has 0 spiro atoms. The van der Waals surface area contributed by atoms with Crippen molar-refractivity contribution in [1.29, 1.82) is 0 Å². The highest BCUT2D eigenvalue weighted by atomic mass is 35.5. The van der Waals surface area contributed by atoms with Gasteiger partial charge in [0.05, 0.1) is 0 Å². The molecule has 1 aromatic rings. The van der Waals surface area contributed by atoms with E-state index in [1.165, 1.54) is 32.1 Å². The predicted molar refractivity (Wildman–Crippen MR) is 109 cm³/mol. The van der Waals surface area contributed by atoms with E-state index in [0.29, 0.717) is 5.91 Å². The van der Waals surface area contributed by atoms with Gasteiger partial charge in [-0.2, -0.15) is 0 Å². The molecule has 1 saturated carbocycles.